The number of imide groups is 2. The molecule has 7 nitrogen and oxygen atoms in total. The molecule has 3 aromatic carbocycles. The molecule has 0 aromatic heterocycles. The van der Waals surface area contributed by atoms with E-state index in [0.29, 0.717) is 11.1 Å². The first-order valence-corrected chi connectivity index (χ1v) is 13.3. The predicted molar refractivity (Wildman–Crippen MR) is 142 cm³/mol. The summed E-state index contributed by atoms with van der Waals surface area (Å²) in [6.45, 7) is 3.67. The van der Waals surface area contributed by atoms with Crippen molar-refractivity contribution in [2.45, 2.75) is 38.0 Å². The summed E-state index contributed by atoms with van der Waals surface area (Å²) >= 11 is 0. The molecule has 41 heavy (non-hydrogen) atoms. The van der Waals surface area contributed by atoms with E-state index in [1.54, 1.807) is 49.4 Å². The zero-order chi connectivity index (χ0) is 29.3. The van der Waals surface area contributed by atoms with E-state index in [4.69, 9.17) is 0 Å². The maximum absolute atomic E-state index is 14.6. The second-order valence-corrected chi connectivity index (χ2v) is 10.7. The highest BCUT2D eigenvalue weighted by molar-refractivity contribution is 6.27. The molecule has 10 heteroatoms. The Kier molecular flexibility index (Phi) is 6.06. The minimum atomic E-state index is -4.60. The first-order chi connectivity index (χ1) is 19.5. The quantitative estimate of drug-likeness (QED) is 0.319. The number of likely N-dealkylation sites (tertiary alicyclic amines) is 1. The van der Waals surface area contributed by atoms with Gasteiger partial charge in [-0.15, -0.1) is 0 Å². The van der Waals surface area contributed by atoms with E-state index in [2.05, 4.69) is 0 Å². The van der Waals surface area contributed by atoms with Gasteiger partial charge in [-0.3, -0.25) is 19.3 Å². The number of hydrogen-bond acceptors (Lipinski definition) is 4. The summed E-state index contributed by atoms with van der Waals surface area (Å²) in [6.07, 6.45) is -4.65. The minimum absolute atomic E-state index is 0.0434. The van der Waals surface area contributed by atoms with E-state index in [1.807, 2.05) is 19.1 Å². The second-order valence-electron chi connectivity index (χ2n) is 10.7. The molecule has 3 aliphatic heterocycles. The summed E-state index contributed by atoms with van der Waals surface area (Å²) in [7, 11) is 0. The van der Waals surface area contributed by atoms with Crippen molar-refractivity contribution >= 4 is 29.4 Å². The molecule has 210 valence electrons. The van der Waals surface area contributed by atoms with Crippen molar-refractivity contribution in [1.29, 1.82) is 0 Å². The first-order valence-electron chi connectivity index (χ1n) is 13.3. The number of halogens is 3. The highest BCUT2D eigenvalue weighted by Gasteiger charge is 2.77. The molecule has 0 N–H and O–H groups in total. The number of alkyl halides is 3. The van der Waals surface area contributed by atoms with Gasteiger partial charge in [0.2, 0.25) is 11.8 Å². The van der Waals surface area contributed by atoms with E-state index in [9.17, 15) is 32.3 Å². The third kappa shape index (κ3) is 3.80. The molecular formula is C31H26F3N3O4. The maximum atomic E-state index is 14.6. The summed E-state index contributed by atoms with van der Waals surface area (Å²) in [5.74, 6) is -3.88. The van der Waals surface area contributed by atoms with E-state index < -0.39 is 58.9 Å². The molecule has 4 atom stereocenters. The number of carbonyl (C=O) groups excluding carboxylic acids is 4. The summed E-state index contributed by atoms with van der Waals surface area (Å²) in [6, 6.07) is 18.2. The molecule has 3 unspecified atom stereocenters. The van der Waals surface area contributed by atoms with Crippen LogP contribution in [0.4, 0.5) is 23.7 Å². The van der Waals surface area contributed by atoms with Crippen LogP contribution in [0.1, 0.15) is 35.2 Å². The highest BCUT2D eigenvalue weighted by Crippen LogP contribution is 2.59. The van der Waals surface area contributed by atoms with Crippen LogP contribution >= 0.6 is 0 Å². The van der Waals surface area contributed by atoms with Gasteiger partial charge in [-0.2, -0.15) is 13.2 Å². The van der Waals surface area contributed by atoms with Crippen LogP contribution in [0.2, 0.25) is 0 Å². The molecule has 0 radical (unpaired) electrons. The Hall–Kier alpha value is -4.47. The summed E-state index contributed by atoms with van der Waals surface area (Å²) in [4.78, 5) is 59.9. The number of carbonyl (C=O) groups is 4. The van der Waals surface area contributed by atoms with Gasteiger partial charge in [0.05, 0.1) is 29.1 Å². The smallest absolute Gasteiger partial charge is 0.300 e. The minimum Gasteiger partial charge on any atom is -0.300 e. The lowest BCUT2D eigenvalue weighted by atomic mass is 9.75. The van der Waals surface area contributed by atoms with Gasteiger partial charge in [-0.1, -0.05) is 60.2 Å². The van der Waals surface area contributed by atoms with E-state index in [0.717, 1.165) is 39.6 Å². The third-order valence-electron chi connectivity index (χ3n) is 8.48. The molecule has 6 rings (SSSR count). The number of rotatable bonds is 5. The zero-order valence-corrected chi connectivity index (χ0v) is 22.3. The van der Waals surface area contributed by atoms with Crippen molar-refractivity contribution in [3.63, 3.8) is 0 Å². The summed E-state index contributed by atoms with van der Waals surface area (Å²) in [5, 5.41) is 0. The fourth-order valence-electron chi connectivity index (χ4n) is 6.68. The Balaban J connectivity index is 1.57. The van der Waals surface area contributed by atoms with Crippen LogP contribution in [0.25, 0.3) is 0 Å². The zero-order valence-electron chi connectivity index (χ0n) is 22.3. The van der Waals surface area contributed by atoms with Crippen molar-refractivity contribution in [3.8, 4) is 0 Å². The molecular weight excluding hydrogens is 535 g/mol. The van der Waals surface area contributed by atoms with Gasteiger partial charge in [0.15, 0.2) is 0 Å². The lowest BCUT2D eigenvalue weighted by Gasteiger charge is -2.35. The number of nitrogens with zero attached hydrogens (tertiary/aromatic N) is 3. The highest BCUT2D eigenvalue weighted by atomic mass is 19.4. The lowest BCUT2D eigenvalue weighted by molar-refractivity contribution is -0.144. The Morgan fingerprint density at radius 1 is 0.829 bits per heavy atom. The third-order valence-corrected chi connectivity index (χ3v) is 8.48. The number of fused-ring (bicyclic) bond motifs is 3. The number of hydrogen-bond donors (Lipinski definition) is 0. The second kappa shape index (κ2) is 9.29. The van der Waals surface area contributed by atoms with Crippen molar-refractivity contribution in [2.75, 3.05) is 11.4 Å². The Bertz CT molecular complexity index is 1560. The number of anilines is 1. The van der Waals surface area contributed by atoms with Crippen molar-refractivity contribution < 1.29 is 32.3 Å². The normalized spacial score (nSPS) is 25.8. The van der Waals surface area contributed by atoms with Crippen molar-refractivity contribution in [2.24, 2.45) is 11.8 Å². The molecule has 3 saturated heterocycles. The Labute approximate surface area is 234 Å². The molecule has 0 saturated carbocycles. The molecule has 3 fully saturated rings. The van der Waals surface area contributed by atoms with Gasteiger partial charge in [-0.25, -0.2) is 9.69 Å². The summed E-state index contributed by atoms with van der Waals surface area (Å²) < 4.78 is 39.8. The maximum Gasteiger partial charge on any atom is 0.416 e. The SMILES string of the molecule is CCN1C(=O)C2C(c3ccc(C)cc3)N3C(=O)N(c4ccc(C(F)(F)F)cc4)C(=O)[C@@]3(Cc3ccccc3)C2C1=O. The standard InChI is InChI=1S/C31H26F3N3O4/c1-3-35-26(38)23-24(27(35)39)30(17-19-7-5-4-6-8-19)28(40)36(22-15-13-21(14-16-22)31(32,33)34)29(41)37(30)25(23)20-11-9-18(2)10-12-20/h4-16,23-25H,3,17H2,1-2H3/t23?,24?,25?,30-/m1/s1. The topological polar surface area (TPSA) is 78.0 Å². The predicted octanol–water partition coefficient (Wildman–Crippen LogP) is 5.14. The van der Waals surface area contributed by atoms with Crippen LogP contribution in [0.3, 0.4) is 0 Å². The number of aryl methyl sites for hydroxylation is 1. The Morgan fingerprint density at radius 2 is 1.46 bits per heavy atom. The molecule has 3 heterocycles. The number of urea groups is 1. The molecule has 0 bridgehead atoms. The van der Waals surface area contributed by atoms with Gasteiger partial charge >= 0.3 is 12.2 Å². The van der Waals surface area contributed by atoms with E-state index >= 15 is 0 Å². The van der Waals surface area contributed by atoms with Crippen molar-refractivity contribution in [1.82, 2.24) is 9.80 Å². The lowest BCUT2D eigenvalue weighted by Crippen LogP contribution is -2.55. The van der Waals surface area contributed by atoms with Crippen LogP contribution in [0.15, 0.2) is 78.9 Å². The molecule has 0 aliphatic carbocycles. The van der Waals surface area contributed by atoms with Gasteiger partial charge < -0.3 is 4.90 Å². The number of amides is 5. The van der Waals surface area contributed by atoms with Crippen LogP contribution in [0, 0.1) is 18.8 Å². The monoisotopic (exact) mass is 561 g/mol. The van der Waals surface area contributed by atoms with Gasteiger partial charge in [0, 0.05) is 13.0 Å². The first kappa shape index (κ1) is 26.7. The largest absolute Gasteiger partial charge is 0.416 e. The fourth-order valence-corrected chi connectivity index (χ4v) is 6.68. The Morgan fingerprint density at radius 3 is 2.05 bits per heavy atom. The molecule has 3 aliphatic rings. The molecule has 0 spiro atoms. The van der Waals surface area contributed by atoms with Crippen LogP contribution in [-0.4, -0.2) is 45.6 Å². The summed E-state index contributed by atoms with van der Waals surface area (Å²) in [5.41, 5.74) is -0.525. The van der Waals surface area contributed by atoms with Crippen LogP contribution in [-0.2, 0) is 27.0 Å². The fraction of sp³-hybridized carbons (Fsp3) is 0.290. The molecule has 5 amide bonds. The van der Waals surface area contributed by atoms with Crippen LogP contribution < -0.4 is 4.90 Å². The van der Waals surface area contributed by atoms with Crippen molar-refractivity contribution in [3.05, 3.63) is 101 Å². The van der Waals surface area contributed by atoms with E-state index in [-0.39, 0.29) is 18.7 Å². The van der Waals surface area contributed by atoms with Gasteiger partial charge in [0.1, 0.15) is 5.54 Å². The van der Waals surface area contributed by atoms with Gasteiger partial charge in [0.25, 0.3) is 5.91 Å². The van der Waals surface area contributed by atoms with Gasteiger partial charge in [-0.05, 0) is 49.2 Å². The van der Waals surface area contributed by atoms with Crippen LogP contribution in [0.5, 0.6) is 0 Å². The average Bonchev–Trinajstić information content (AvgIpc) is 3.46. The average molecular weight is 562 g/mol. The number of benzene rings is 3. The molecule has 3 aromatic rings. The van der Waals surface area contributed by atoms with E-state index in [1.165, 1.54) is 4.90 Å².